The Bertz CT molecular complexity index is 1030. The first-order valence-electron chi connectivity index (χ1n) is 7.23. The molecule has 0 atom stereocenters. The van der Waals surface area contributed by atoms with Gasteiger partial charge in [-0.2, -0.15) is 0 Å². The number of nitrogens with one attached hydrogen (secondary N) is 1. The molecule has 1 aliphatic rings. The van der Waals surface area contributed by atoms with E-state index in [4.69, 9.17) is 0 Å². The van der Waals surface area contributed by atoms with Gasteiger partial charge in [0.15, 0.2) is 0 Å². The van der Waals surface area contributed by atoms with Gasteiger partial charge in [0.1, 0.15) is 7.85 Å². The molecule has 0 aliphatic carbocycles. The molecule has 0 amide bonds. The molecule has 0 spiro atoms. The van der Waals surface area contributed by atoms with Crippen LogP contribution in [0.3, 0.4) is 0 Å². The number of fused-ring (bicyclic) bond motifs is 5. The minimum Gasteiger partial charge on any atom is -0.352 e. The van der Waals surface area contributed by atoms with Crippen LogP contribution in [0.2, 0.25) is 0 Å². The van der Waals surface area contributed by atoms with Crippen LogP contribution < -0.4 is 10.8 Å². The fourth-order valence-electron chi connectivity index (χ4n) is 3.46. The average molecular weight is 268 g/mol. The van der Waals surface area contributed by atoms with E-state index in [1.54, 1.807) is 0 Å². The van der Waals surface area contributed by atoms with Gasteiger partial charge >= 0.3 is 0 Å². The number of aromatic nitrogens is 1. The molecule has 5 rings (SSSR count). The van der Waals surface area contributed by atoms with Crippen molar-refractivity contribution < 1.29 is 0 Å². The van der Waals surface area contributed by atoms with Gasteiger partial charge in [0, 0.05) is 10.8 Å². The van der Waals surface area contributed by atoms with Crippen LogP contribution >= 0.6 is 0 Å². The van der Waals surface area contributed by atoms with Gasteiger partial charge in [0.05, 0.1) is 28.1 Å². The third-order valence-corrected chi connectivity index (χ3v) is 4.36. The summed E-state index contributed by atoms with van der Waals surface area (Å²) >= 11 is 0. The fourth-order valence-corrected chi connectivity index (χ4v) is 3.46. The lowest BCUT2D eigenvalue weighted by Gasteiger charge is -2.22. The van der Waals surface area contributed by atoms with Crippen LogP contribution in [-0.2, 0) is 0 Å². The molecule has 0 fully saturated rings. The molecule has 0 unspecified atom stereocenters. The number of para-hydroxylation sites is 2. The summed E-state index contributed by atoms with van der Waals surface area (Å²) < 4.78 is 2.38. The second kappa shape index (κ2) is 3.70. The smallest absolute Gasteiger partial charge is 0.139 e. The van der Waals surface area contributed by atoms with Crippen LogP contribution in [-0.4, -0.2) is 12.4 Å². The molecule has 2 nitrogen and oxygen atoms in total. The van der Waals surface area contributed by atoms with Crippen molar-refractivity contribution in [2.45, 2.75) is 0 Å². The zero-order chi connectivity index (χ0) is 14.0. The maximum absolute atomic E-state index is 3.59. The topological polar surface area (TPSA) is 17.0 Å². The van der Waals surface area contributed by atoms with Gasteiger partial charge in [0.2, 0.25) is 0 Å². The third-order valence-electron chi connectivity index (χ3n) is 4.36. The number of anilines is 2. The minimum absolute atomic E-state index is 1.18. The Balaban J connectivity index is 2.07. The van der Waals surface area contributed by atoms with Crippen molar-refractivity contribution in [3.8, 4) is 5.69 Å². The highest BCUT2D eigenvalue weighted by molar-refractivity contribution is 6.33. The molecule has 1 N–H and O–H groups in total. The van der Waals surface area contributed by atoms with E-state index in [1.165, 1.54) is 44.3 Å². The van der Waals surface area contributed by atoms with Gasteiger partial charge in [-0.25, -0.2) is 0 Å². The molecule has 0 saturated carbocycles. The van der Waals surface area contributed by atoms with Crippen LogP contribution in [0.15, 0.2) is 60.7 Å². The second-order valence-electron chi connectivity index (χ2n) is 5.70. The lowest BCUT2D eigenvalue weighted by atomic mass is 9.95. The minimum atomic E-state index is 1.18. The highest BCUT2D eigenvalue weighted by Crippen LogP contribution is 2.42. The first-order chi connectivity index (χ1) is 10.3. The number of nitrogens with zero attached hydrogens (tertiary/aromatic N) is 1. The van der Waals surface area contributed by atoms with Gasteiger partial charge in [-0.1, -0.05) is 41.9 Å². The Morgan fingerprint density at radius 1 is 0.810 bits per heavy atom. The number of rotatable bonds is 0. The van der Waals surface area contributed by atoms with E-state index < -0.39 is 0 Å². The molecule has 2 heterocycles. The zero-order valence-corrected chi connectivity index (χ0v) is 11.7. The highest BCUT2D eigenvalue weighted by atomic mass is 15.1. The van der Waals surface area contributed by atoms with Crippen molar-refractivity contribution >= 4 is 46.5 Å². The Morgan fingerprint density at radius 3 is 2.62 bits per heavy atom. The second-order valence-corrected chi connectivity index (χ2v) is 5.70. The van der Waals surface area contributed by atoms with Gasteiger partial charge in [-0.15, -0.1) is 0 Å². The highest BCUT2D eigenvalue weighted by Gasteiger charge is 2.21. The number of hydrogen-bond donors (Lipinski definition) is 1. The van der Waals surface area contributed by atoms with Gasteiger partial charge in [-0.3, -0.25) is 0 Å². The van der Waals surface area contributed by atoms with E-state index in [9.17, 15) is 0 Å². The molecular formula is C18H13BN2. The van der Waals surface area contributed by atoms with Gasteiger partial charge in [0.25, 0.3) is 0 Å². The first kappa shape index (κ1) is 11.0. The van der Waals surface area contributed by atoms with Crippen molar-refractivity contribution in [1.82, 2.24) is 4.57 Å². The molecule has 1 aromatic heterocycles. The normalized spacial score (nSPS) is 12.4. The summed E-state index contributed by atoms with van der Waals surface area (Å²) in [5.41, 5.74) is 7.40. The van der Waals surface area contributed by atoms with Gasteiger partial charge < -0.3 is 9.88 Å². The Morgan fingerprint density at radius 2 is 1.67 bits per heavy atom. The van der Waals surface area contributed by atoms with Crippen LogP contribution in [0, 0.1) is 0 Å². The lowest BCUT2D eigenvalue weighted by Crippen LogP contribution is -2.11. The Kier molecular flexibility index (Phi) is 1.94. The van der Waals surface area contributed by atoms with E-state index in [2.05, 4.69) is 78.4 Å². The molecule has 1 aliphatic heterocycles. The van der Waals surface area contributed by atoms with E-state index in [-0.39, 0.29) is 0 Å². The standard InChI is InChI=1S/C18H13BN2/c19-11-8-9-17-15(10-11)20-14-6-3-5-13-12-4-1-2-7-16(12)21(17)18(13)14/h1-10,20H,19H2. The average Bonchev–Trinajstić information content (AvgIpc) is 2.84. The molecule has 98 valence electrons. The zero-order valence-electron chi connectivity index (χ0n) is 11.7. The number of hydrogen-bond acceptors (Lipinski definition) is 1. The summed E-state index contributed by atoms with van der Waals surface area (Å²) in [5, 5.41) is 6.20. The van der Waals surface area contributed by atoms with Crippen molar-refractivity contribution in [1.29, 1.82) is 0 Å². The van der Waals surface area contributed by atoms with E-state index >= 15 is 0 Å². The summed E-state index contributed by atoms with van der Waals surface area (Å²) in [5.74, 6) is 0. The Hall–Kier alpha value is -2.68. The summed E-state index contributed by atoms with van der Waals surface area (Å²) in [6.07, 6.45) is 0. The third kappa shape index (κ3) is 1.33. The molecule has 21 heavy (non-hydrogen) atoms. The Labute approximate surface area is 123 Å². The van der Waals surface area contributed by atoms with Crippen LogP contribution in [0.5, 0.6) is 0 Å². The predicted octanol–water partition coefficient (Wildman–Crippen LogP) is 3.10. The van der Waals surface area contributed by atoms with Crippen LogP contribution in [0.4, 0.5) is 11.4 Å². The molecule has 0 saturated heterocycles. The molecule has 3 heteroatoms. The molecule has 0 bridgehead atoms. The SMILES string of the molecule is Bc1ccc2c(c1)Nc1cccc3c4ccccc4n-2c13. The maximum atomic E-state index is 3.59. The molecule has 0 radical (unpaired) electrons. The number of benzene rings is 3. The largest absolute Gasteiger partial charge is 0.352 e. The fraction of sp³-hybridized carbons (Fsp3) is 0. The van der Waals surface area contributed by atoms with Crippen LogP contribution in [0.25, 0.3) is 27.5 Å². The van der Waals surface area contributed by atoms with Crippen molar-refractivity contribution in [3.05, 3.63) is 60.7 Å². The van der Waals surface area contributed by atoms with Crippen molar-refractivity contribution in [3.63, 3.8) is 0 Å². The predicted molar refractivity (Wildman–Crippen MR) is 92.2 cm³/mol. The van der Waals surface area contributed by atoms with E-state index in [0.29, 0.717) is 0 Å². The first-order valence-corrected chi connectivity index (χ1v) is 7.23. The monoisotopic (exact) mass is 268 g/mol. The molecule has 4 aromatic rings. The van der Waals surface area contributed by atoms with Crippen molar-refractivity contribution in [2.24, 2.45) is 0 Å². The van der Waals surface area contributed by atoms with Crippen molar-refractivity contribution in [2.75, 3.05) is 5.32 Å². The maximum Gasteiger partial charge on any atom is 0.139 e. The summed E-state index contributed by atoms with van der Waals surface area (Å²) in [4.78, 5) is 0. The van der Waals surface area contributed by atoms with Gasteiger partial charge in [-0.05, 0) is 24.3 Å². The van der Waals surface area contributed by atoms with E-state index in [0.717, 1.165) is 0 Å². The summed E-state index contributed by atoms with van der Waals surface area (Å²) in [6, 6.07) is 21.7. The molecule has 3 aromatic carbocycles. The lowest BCUT2D eigenvalue weighted by molar-refractivity contribution is 1.16. The summed E-state index contributed by atoms with van der Waals surface area (Å²) in [6.45, 7) is 0. The van der Waals surface area contributed by atoms with E-state index in [1.807, 2.05) is 0 Å². The summed E-state index contributed by atoms with van der Waals surface area (Å²) in [7, 11) is 2.13. The van der Waals surface area contributed by atoms with Crippen LogP contribution in [0.1, 0.15) is 0 Å². The molecular weight excluding hydrogens is 255 g/mol. The quantitative estimate of drug-likeness (QED) is 0.427.